The van der Waals surface area contributed by atoms with Gasteiger partial charge in [-0.15, -0.1) is 0 Å². The largest absolute Gasteiger partial charge is 0.342 e. The first-order valence-corrected chi connectivity index (χ1v) is 12.4. The average Bonchev–Trinajstić information content (AvgIpc) is 3.24. The fourth-order valence-electron chi connectivity index (χ4n) is 4.05. The summed E-state index contributed by atoms with van der Waals surface area (Å²) < 4.78 is 3.15. The smallest absolute Gasteiger partial charge is 0.286 e. The molecule has 0 saturated heterocycles. The summed E-state index contributed by atoms with van der Waals surface area (Å²) in [6, 6.07) is 17.0. The predicted octanol–water partition coefficient (Wildman–Crippen LogP) is 5.81. The lowest BCUT2D eigenvalue weighted by Crippen LogP contribution is -2.34. The van der Waals surface area contributed by atoms with E-state index in [1.807, 2.05) is 43.3 Å². The van der Waals surface area contributed by atoms with Gasteiger partial charge in [0.2, 0.25) is 5.95 Å². The Balaban J connectivity index is 2.05. The van der Waals surface area contributed by atoms with E-state index in [1.165, 1.54) is 4.68 Å². The summed E-state index contributed by atoms with van der Waals surface area (Å²) in [6.45, 7) is 7.79. The highest BCUT2D eigenvalue weighted by molar-refractivity contribution is 6.30. The number of unbranched alkanes of at least 4 members (excludes halogenated alkanes) is 2. The van der Waals surface area contributed by atoms with Crippen LogP contribution in [0.4, 0.5) is 5.95 Å². The van der Waals surface area contributed by atoms with Crippen molar-refractivity contribution in [1.82, 2.24) is 19.3 Å². The Morgan fingerprint density at radius 3 is 2.14 bits per heavy atom. The van der Waals surface area contributed by atoms with Crippen LogP contribution in [-0.2, 0) is 0 Å². The molecule has 8 heteroatoms. The number of benzene rings is 2. The van der Waals surface area contributed by atoms with E-state index in [2.05, 4.69) is 29.9 Å². The van der Waals surface area contributed by atoms with Crippen molar-refractivity contribution in [3.63, 3.8) is 0 Å². The maximum atomic E-state index is 14.2. The third kappa shape index (κ3) is 4.94. The Morgan fingerprint density at radius 2 is 1.57 bits per heavy atom. The number of halogens is 1. The molecule has 0 radical (unpaired) electrons. The van der Waals surface area contributed by atoms with Gasteiger partial charge in [-0.3, -0.25) is 4.79 Å². The molecule has 0 aliphatic carbocycles. The molecule has 0 atom stereocenters. The van der Waals surface area contributed by atoms with Gasteiger partial charge in [0, 0.05) is 18.1 Å². The molecular weight excluding hydrogens is 460 g/mol. The number of hydrogen-bond donors (Lipinski definition) is 0. The molecule has 4 rings (SSSR count). The fourth-order valence-corrected chi connectivity index (χ4v) is 4.17. The van der Waals surface area contributed by atoms with E-state index in [0.29, 0.717) is 27.9 Å². The highest BCUT2D eigenvalue weighted by atomic mass is 35.5. The van der Waals surface area contributed by atoms with E-state index in [4.69, 9.17) is 16.6 Å². The molecule has 0 bridgehead atoms. The van der Waals surface area contributed by atoms with Crippen LogP contribution in [0.25, 0.3) is 22.4 Å². The van der Waals surface area contributed by atoms with Crippen molar-refractivity contribution < 1.29 is 0 Å². The molecule has 0 unspecified atom stereocenters. The van der Waals surface area contributed by atoms with Gasteiger partial charge in [-0.2, -0.15) is 10.4 Å². The van der Waals surface area contributed by atoms with Gasteiger partial charge >= 0.3 is 0 Å². The van der Waals surface area contributed by atoms with Gasteiger partial charge in [-0.05, 0) is 56.2 Å². The standard InChI is InChI=1S/C27H29ClN6O/c1-4-6-16-32(17-7-5-2)27-30-24-23(18-29)31-34(22-12-8-19(3)9-13-22)25(24)26(35)33(27)21-14-10-20(28)11-15-21/h8-15H,4-7,16-17H2,1-3H3. The molecule has 0 saturated carbocycles. The van der Waals surface area contributed by atoms with Crippen LogP contribution in [0, 0.1) is 18.3 Å². The monoisotopic (exact) mass is 488 g/mol. The second kappa shape index (κ2) is 10.7. The maximum Gasteiger partial charge on any atom is 0.286 e. The van der Waals surface area contributed by atoms with E-state index in [-0.39, 0.29) is 16.8 Å². The molecule has 2 aromatic heterocycles. The zero-order valence-corrected chi connectivity index (χ0v) is 21.1. The van der Waals surface area contributed by atoms with Gasteiger partial charge in [0.1, 0.15) is 11.6 Å². The molecule has 0 N–H and O–H groups in total. The molecule has 0 aliphatic rings. The third-order valence-corrected chi connectivity index (χ3v) is 6.25. The molecule has 2 heterocycles. The van der Waals surface area contributed by atoms with Crippen molar-refractivity contribution in [1.29, 1.82) is 5.26 Å². The number of aromatic nitrogens is 4. The van der Waals surface area contributed by atoms with Crippen molar-refractivity contribution in [2.24, 2.45) is 0 Å². The molecule has 180 valence electrons. The van der Waals surface area contributed by atoms with E-state index in [9.17, 15) is 10.1 Å². The SMILES string of the molecule is CCCCN(CCCC)c1nc2c(C#N)nn(-c3ccc(C)cc3)c2c(=O)n1-c1ccc(Cl)cc1. The zero-order chi connectivity index (χ0) is 24.9. The van der Waals surface area contributed by atoms with Gasteiger partial charge in [-0.1, -0.05) is 56.0 Å². The number of nitriles is 1. The van der Waals surface area contributed by atoms with Crippen molar-refractivity contribution >= 4 is 28.6 Å². The van der Waals surface area contributed by atoms with Gasteiger partial charge in [0.05, 0.1) is 11.4 Å². The Morgan fingerprint density at radius 1 is 0.971 bits per heavy atom. The van der Waals surface area contributed by atoms with E-state index in [0.717, 1.165) is 44.3 Å². The Hall–Kier alpha value is -3.63. The highest BCUT2D eigenvalue weighted by Crippen LogP contribution is 2.25. The third-order valence-electron chi connectivity index (χ3n) is 5.99. The summed E-state index contributed by atoms with van der Waals surface area (Å²) in [5.41, 5.74) is 2.90. The molecule has 35 heavy (non-hydrogen) atoms. The summed E-state index contributed by atoms with van der Waals surface area (Å²) in [5, 5.41) is 14.9. The van der Waals surface area contributed by atoms with Crippen LogP contribution in [0.3, 0.4) is 0 Å². The normalized spacial score (nSPS) is 11.1. The molecule has 0 aliphatic heterocycles. The van der Waals surface area contributed by atoms with Crippen LogP contribution in [0.5, 0.6) is 0 Å². The summed E-state index contributed by atoms with van der Waals surface area (Å²) >= 11 is 6.15. The Kier molecular flexibility index (Phi) is 7.52. The molecular formula is C27H29ClN6O. The number of anilines is 1. The van der Waals surface area contributed by atoms with E-state index >= 15 is 0 Å². The first kappa shape index (κ1) is 24.5. The number of rotatable bonds is 9. The molecule has 0 amide bonds. The van der Waals surface area contributed by atoms with Crippen LogP contribution < -0.4 is 10.5 Å². The fraction of sp³-hybridized carbons (Fsp3) is 0.333. The van der Waals surface area contributed by atoms with Crippen LogP contribution in [0.1, 0.15) is 50.8 Å². The average molecular weight is 489 g/mol. The molecule has 0 fully saturated rings. The van der Waals surface area contributed by atoms with Gasteiger partial charge in [0.25, 0.3) is 5.56 Å². The van der Waals surface area contributed by atoms with Crippen LogP contribution in [-0.4, -0.2) is 32.4 Å². The molecule has 2 aromatic carbocycles. The summed E-state index contributed by atoms with van der Waals surface area (Å²) in [5.74, 6) is 0.520. The summed E-state index contributed by atoms with van der Waals surface area (Å²) in [7, 11) is 0. The van der Waals surface area contributed by atoms with Crippen LogP contribution in [0.2, 0.25) is 5.02 Å². The van der Waals surface area contributed by atoms with E-state index < -0.39 is 0 Å². The topological polar surface area (TPSA) is 79.7 Å². The number of fused-ring (bicyclic) bond motifs is 1. The van der Waals surface area contributed by atoms with Crippen LogP contribution >= 0.6 is 11.6 Å². The predicted molar refractivity (Wildman–Crippen MR) is 141 cm³/mol. The minimum Gasteiger partial charge on any atom is -0.342 e. The van der Waals surface area contributed by atoms with Gasteiger partial charge in [-0.25, -0.2) is 14.2 Å². The number of hydrogen-bond acceptors (Lipinski definition) is 5. The minimum atomic E-state index is -0.278. The molecule has 7 nitrogen and oxygen atoms in total. The van der Waals surface area contributed by atoms with Crippen molar-refractivity contribution in [2.45, 2.75) is 46.5 Å². The second-order valence-corrected chi connectivity index (χ2v) is 9.06. The lowest BCUT2D eigenvalue weighted by molar-refractivity contribution is 0.653. The number of nitrogens with zero attached hydrogens (tertiary/aromatic N) is 6. The van der Waals surface area contributed by atoms with Gasteiger partial charge < -0.3 is 4.90 Å². The minimum absolute atomic E-state index is 0.133. The van der Waals surface area contributed by atoms with Gasteiger partial charge in [0.15, 0.2) is 11.2 Å². The maximum absolute atomic E-state index is 14.2. The summed E-state index contributed by atoms with van der Waals surface area (Å²) in [4.78, 5) is 21.2. The van der Waals surface area contributed by atoms with E-state index in [1.54, 1.807) is 16.7 Å². The Bertz CT molecular complexity index is 1410. The molecule has 0 spiro atoms. The second-order valence-electron chi connectivity index (χ2n) is 8.63. The van der Waals surface area contributed by atoms with Crippen molar-refractivity contribution in [3.8, 4) is 17.4 Å². The van der Waals surface area contributed by atoms with Crippen LogP contribution in [0.15, 0.2) is 53.3 Å². The lowest BCUT2D eigenvalue weighted by Gasteiger charge is -2.26. The zero-order valence-electron chi connectivity index (χ0n) is 20.3. The first-order valence-electron chi connectivity index (χ1n) is 12.0. The Labute approximate surface area is 210 Å². The van der Waals surface area contributed by atoms with Crippen molar-refractivity contribution in [3.05, 3.63) is 75.2 Å². The number of aryl methyl sites for hydroxylation is 1. The van der Waals surface area contributed by atoms with Crippen molar-refractivity contribution in [2.75, 3.05) is 18.0 Å². The molecule has 4 aromatic rings. The lowest BCUT2D eigenvalue weighted by atomic mass is 10.2. The highest BCUT2D eigenvalue weighted by Gasteiger charge is 2.24. The quantitative estimate of drug-likeness (QED) is 0.297. The summed E-state index contributed by atoms with van der Waals surface area (Å²) in [6.07, 6.45) is 3.97. The first-order chi connectivity index (χ1) is 17.0.